The fourth-order valence-electron chi connectivity index (χ4n) is 2.32. The lowest BCUT2D eigenvalue weighted by Crippen LogP contribution is -2.20. The Labute approximate surface area is 176 Å². The van der Waals surface area contributed by atoms with E-state index in [1.807, 2.05) is 6.07 Å². The first-order valence-electron chi connectivity index (χ1n) is 8.79. The second-order valence-electron chi connectivity index (χ2n) is 5.72. The van der Waals surface area contributed by atoms with E-state index < -0.39 is 25.1 Å². The third-order valence-corrected chi connectivity index (χ3v) is 3.61. The van der Waals surface area contributed by atoms with Gasteiger partial charge in [0.05, 0.1) is 12.8 Å². The average Bonchev–Trinajstić information content (AvgIpc) is 2.76. The van der Waals surface area contributed by atoms with Gasteiger partial charge in [-0.25, -0.2) is 4.79 Å². The van der Waals surface area contributed by atoms with Gasteiger partial charge in [0.25, 0.3) is 5.91 Å². The molecular formula is C21H18F2N2O6. The van der Waals surface area contributed by atoms with Crippen molar-refractivity contribution in [1.82, 2.24) is 0 Å². The van der Waals surface area contributed by atoms with Crippen molar-refractivity contribution in [3.05, 3.63) is 54.1 Å². The molecule has 2 aromatic carbocycles. The molecule has 31 heavy (non-hydrogen) atoms. The zero-order valence-electron chi connectivity index (χ0n) is 16.3. The number of amides is 1. The molecule has 1 N–H and O–H groups in total. The summed E-state index contributed by atoms with van der Waals surface area (Å²) in [6.45, 7) is -3.82. The van der Waals surface area contributed by atoms with E-state index >= 15 is 0 Å². The number of rotatable bonds is 10. The molecular weight excluding hydrogens is 414 g/mol. The highest BCUT2D eigenvalue weighted by molar-refractivity contribution is 5.95. The van der Waals surface area contributed by atoms with Crippen LogP contribution in [0.3, 0.4) is 0 Å². The molecule has 0 fully saturated rings. The summed E-state index contributed by atoms with van der Waals surface area (Å²) in [7, 11) is 1.43. The number of alkyl halides is 2. The summed E-state index contributed by atoms with van der Waals surface area (Å²) in [6.07, 6.45) is 2.54. The highest BCUT2D eigenvalue weighted by atomic mass is 19.3. The number of nitriles is 1. The first-order chi connectivity index (χ1) is 14.9. The molecule has 0 aliphatic carbocycles. The number of para-hydroxylation sites is 2. The Morgan fingerprint density at radius 1 is 1.16 bits per heavy atom. The van der Waals surface area contributed by atoms with Gasteiger partial charge in [-0.2, -0.15) is 14.0 Å². The number of methoxy groups -OCH3 is 1. The van der Waals surface area contributed by atoms with Gasteiger partial charge in [0, 0.05) is 6.08 Å². The number of nitrogens with zero attached hydrogens (tertiary/aromatic N) is 1. The van der Waals surface area contributed by atoms with Gasteiger partial charge in [0.2, 0.25) is 0 Å². The van der Waals surface area contributed by atoms with Crippen LogP contribution in [0, 0.1) is 11.3 Å². The van der Waals surface area contributed by atoms with Crippen LogP contribution in [0.5, 0.6) is 17.2 Å². The van der Waals surface area contributed by atoms with Gasteiger partial charge < -0.3 is 24.3 Å². The molecule has 0 atom stereocenters. The van der Waals surface area contributed by atoms with Crippen LogP contribution in [0.25, 0.3) is 6.08 Å². The molecule has 2 aromatic rings. The summed E-state index contributed by atoms with van der Waals surface area (Å²) in [6, 6.07) is 12.3. The molecule has 0 aliphatic rings. The van der Waals surface area contributed by atoms with E-state index in [0.29, 0.717) is 17.1 Å². The van der Waals surface area contributed by atoms with Crippen LogP contribution >= 0.6 is 0 Å². The molecule has 0 saturated carbocycles. The zero-order valence-corrected chi connectivity index (χ0v) is 16.3. The fourth-order valence-corrected chi connectivity index (χ4v) is 2.32. The van der Waals surface area contributed by atoms with Crippen LogP contribution in [-0.2, 0) is 14.3 Å². The fraction of sp³-hybridized carbons (Fsp3) is 0.190. The lowest BCUT2D eigenvalue weighted by Gasteiger charge is -2.11. The first-order valence-corrected chi connectivity index (χ1v) is 8.79. The van der Waals surface area contributed by atoms with Crippen molar-refractivity contribution < 1.29 is 37.3 Å². The third kappa shape index (κ3) is 7.66. The number of carbonyl (C=O) groups excluding carboxylic acids is 2. The minimum absolute atomic E-state index is 0.0187. The minimum atomic E-state index is -3.05. The highest BCUT2D eigenvalue weighted by Gasteiger charge is 2.12. The van der Waals surface area contributed by atoms with E-state index in [1.165, 1.54) is 37.5 Å². The molecule has 0 saturated heterocycles. The Bertz CT molecular complexity index is 988. The minimum Gasteiger partial charge on any atom is -0.493 e. The third-order valence-electron chi connectivity index (χ3n) is 3.61. The number of carbonyl (C=O) groups is 2. The number of nitrogens with one attached hydrogen (secondary N) is 1. The van der Waals surface area contributed by atoms with Crippen molar-refractivity contribution in [2.24, 2.45) is 0 Å². The Morgan fingerprint density at radius 2 is 1.94 bits per heavy atom. The number of esters is 1. The molecule has 0 unspecified atom stereocenters. The monoisotopic (exact) mass is 432 g/mol. The predicted molar refractivity (Wildman–Crippen MR) is 106 cm³/mol. The van der Waals surface area contributed by atoms with Gasteiger partial charge in [-0.1, -0.05) is 18.2 Å². The van der Waals surface area contributed by atoms with E-state index in [4.69, 9.17) is 19.5 Å². The molecule has 0 aromatic heterocycles. The molecule has 0 radical (unpaired) electrons. The number of ether oxygens (including phenoxy) is 4. The van der Waals surface area contributed by atoms with Crippen LogP contribution in [-0.4, -0.2) is 38.8 Å². The smallest absolute Gasteiger partial charge is 0.387 e. The lowest BCUT2D eigenvalue weighted by atomic mass is 10.2. The van der Waals surface area contributed by atoms with E-state index in [9.17, 15) is 18.4 Å². The number of hydrogen-bond donors (Lipinski definition) is 1. The van der Waals surface area contributed by atoms with E-state index in [0.717, 1.165) is 6.08 Å². The predicted octanol–water partition coefficient (Wildman–Crippen LogP) is 3.39. The van der Waals surface area contributed by atoms with Crippen molar-refractivity contribution >= 4 is 23.6 Å². The molecule has 0 bridgehead atoms. The second kappa shape index (κ2) is 11.8. The Balaban J connectivity index is 1.90. The van der Waals surface area contributed by atoms with Crippen LogP contribution in [0.1, 0.15) is 5.56 Å². The first kappa shape index (κ1) is 23.2. The van der Waals surface area contributed by atoms with Gasteiger partial charge in [0.15, 0.2) is 24.7 Å². The van der Waals surface area contributed by atoms with Crippen LogP contribution < -0.4 is 19.5 Å². The summed E-state index contributed by atoms with van der Waals surface area (Å²) in [5.41, 5.74) is 0.603. The van der Waals surface area contributed by atoms with Gasteiger partial charge in [-0.15, -0.1) is 0 Å². The quantitative estimate of drug-likeness (QED) is 0.453. The van der Waals surface area contributed by atoms with Crippen LogP contribution in [0.15, 0.2) is 48.5 Å². The summed E-state index contributed by atoms with van der Waals surface area (Å²) >= 11 is 0. The largest absolute Gasteiger partial charge is 0.493 e. The number of anilines is 1. The van der Waals surface area contributed by atoms with Crippen molar-refractivity contribution in [2.75, 3.05) is 25.6 Å². The van der Waals surface area contributed by atoms with Crippen molar-refractivity contribution in [1.29, 1.82) is 5.26 Å². The summed E-state index contributed by atoms with van der Waals surface area (Å²) in [5.74, 6) is -0.997. The van der Waals surface area contributed by atoms with Gasteiger partial charge in [-0.05, 0) is 35.9 Å². The van der Waals surface area contributed by atoms with Gasteiger partial charge in [0.1, 0.15) is 11.8 Å². The molecule has 2 rings (SSSR count). The number of benzene rings is 2. The number of halogens is 2. The normalized spacial score (nSPS) is 10.4. The Kier molecular flexibility index (Phi) is 8.79. The maximum absolute atomic E-state index is 12.4. The number of hydrogen-bond acceptors (Lipinski definition) is 7. The van der Waals surface area contributed by atoms with Crippen molar-refractivity contribution in [2.45, 2.75) is 6.61 Å². The summed E-state index contributed by atoms with van der Waals surface area (Å²) in [5, 5.41) is 10.9. The van der Waals surface area contributed by atoms with E-state index in [1.54, 1.807) is 18.2 Å². The Morgan fingerprint density at radius 3 is 2.65 bits per heavy atom. The second-order valence-corrected chi connectivity index (χ2v) is 5.72. The molecule has 0 aliphatic heterocycles. The maximum Gasteiger partial charge on any atom is 0.387 e. The molecule has 0 spiro atoms. The van der Waals surface area contributed by atoms with E-state index in [-0.39, 0.29) is 18.0 Å². The maximum atomic E-state index is 12.4. The SMILES string of the molecule is COc1cc(/C=C/C(=O)OCC(=O)Nc2ccccc2OC(F)F)ccc1OCC#N. The molecule has 0 heterocycles. The Hall–Kier alpha value is -4.13. The van der Waals surface area contributed by atoms with Crippen molar-refractivity contribution in [3.8, 4) is 23.3 Å². The van der Waals surface area contributed by atoms with Crippen molar-refractivity contribution in [3.63, 3.8) is 0 Å². The molecule has 162 valence electrons. The van der Waals surface area contributed by atoms with E-state index in [2.05, 4.69) is 10.1 Å². The molecule has 1 amide bonds. The lowest BCUT2D eigenvalue weighted by molar-refractivity contribution is -0.142. The molecule has 10 heteroatoms. The summed E-state index contributed by atoms with van der Waals surface area (Å²) in [4.78, 5) is 23.8. The van der Waals surface area contributed by atoms with Gasteiger partial charge >= 0.3 is 12.6 Å². The highest BCUT2D eigenvalue weighted by Crippen LogP contribution is 2.28. The van der Waals surface area contributed by atoms with Gasteiger partial charge in [-0.3, -0.25) is 4.79 Å². The topological polar surface area (TPSA) is 107 Å². The summed E-state index contributed by atoms with van der Waals surface area (Å²) < 4.78 is 44.3. The average molecular weight is 432 g/mol. The standard InChI is InChI=1S/C21H18F2N2O6/c1-28-18-12-14(6-8-17(18)29-11-10-24)7-9-20(27)30-13-19(26)25-15-4-2-3-5-16(15)31-21(22)23/h2-9,12,21H,11,13H2,1H3,(H,25,26)/b9-7+. The zero-order chi connectivity index (χ0) is 22.6. The molecule has 8 nitrogen and oxygen atoms in total. The van der Waals surface area contributed by atoms with Crippen LogP contribution in [0.2, 0.25) is 0 Å². The van der Waals surface area contributed by atoms with Crippen LogP contribution in [0.4, 0.5) is 14.5 Å².